The predicted octanol–water partition coefficient (Wildman–Crippen LogP) is 2.69. The second kappa shape index (κ2) is 2.57. The number of halogens is 2. The van der Waals surface area contributed by atoms with Gasteiger partial charge < -0.3 is 0 Å². The predicted molar refractivity (Wildman–Crippen MR) is 35.9 cm³/mol. The normalized spacial score (nSPS) is 11.5. The molecule has 0 aromatic heterocycles. The van der Waals surface area contributed by atoms with Crippen molar-refractivity contribution in [2.45, 2.75) is 18.3 Å². The molecule has 0 rings (SSSR count). The van der Waals surface area contributed by atoms with Crippen LogP contribution in [0.15, 0.2) is 0 Å². The van der Waals surface area contributed by atoms with E-state index < -0.39 is 4.46 Å². The van der Waals surface area contributed by atoms with Gasteiger partial charge in [-0.1, -0.05) is 13.8 Å². The fraction of sp³-hybridized carbons (Fsp3) is 0.800. The van der Waals surface area contributed by atoms with Crippen molar-refractivity contribution in [3.8, 4) is 0 Å². The van der Waals surface area contributed by atoms with Crippen LogP contribution < -0.4 is 0 Å². The monoisotopic (exact) mass is 151 g/mol. The summed E-state index contributed by atoms with van der Waals surface area (Å²) in [7, 11) is 0. The molecule has 0 heterocycles. The third-order valence-electron chi connectivity index (χ3n) is 0.844. The first-order chi connectivity index (χ1) is 3.50. The van der Waals surface area contributed by atoms with Gasteiger partial charge in [-0.3, -0.25) is 4.85 Å². The van der Waals surface area contributed by atoms with E-state index in [0.717, 1.165) is 0 Å². The number of rotatable bonds is 1. The lowest BCUT2D eigenvalue weighted by molar-refractivity contribution is 0.625. The number of hydrogen-bond acceptors (Lipinski definition) is 0. The highest BCUT2D eigenvalue weighted by Crippen LogP contribution is 2.30. The van der Waals surface area contributed by atoms with Gasteiger partial charge in [0.1, 0.15) is 0 Å². The number of alkyl halides is 2. The van der Waals surface area contributed by atoms with E-state index in [9.17, 15) is 0 Å². The van der Waals surface area contributed by atoms with Gasteiger partial charge in [-0.2, -0.15) is 0 Å². The molecular formula is C5H7Cl2N. The van der Waals surface area contributed by atoms with Crippen LogP contribution in [0.25, 0.3) is 4.85 Å². The van der Waals surface area contributed by atoms with Gasteiger partial charge in [0.15, 0.2) is 0 Å². The van der Waals surface area contributed by atoms with Crippen molar-refractivity contribution in [2.24, 2.45) is 5.92 Å². The molecule has 0 aromatic rings. The smallest absolute Gasteiger partial charge is 0.276 e. The fourth-order valence-electron chi connectivity index (χ4n) is 0.129. The Morgan fingerprint density at radius 2 is 1.88 bits per heavy atom. The van der Waals surface area contributed by atoms with Gasteiger partial charge in [0.25, 0.3) is 0 Å². The zero-order chi connectivity index (χ0) is 6.78. The molecule has 0 fully saturated rings. The fourth-order valence-corrected chi connectivity index (χ4v) is 0.129. The number of hydrogen-bond donors (Lipinski definition) is 0. The van der Waals surface area contributed by atoms with Crippen LogP contribution in [0, 0.1) is 12.5 Å². The Morgan fingerprint density at radius 3 is 1.88 bits per heavy atom. The van der Waals surface area contributed by atoms with Crippen LogP contribution in [-0.2, 0) is 0 Å². The average Bonchev–Trinajstić information content (AvgIpc) is 1.67. The zero-order valence-electron chi connectivity index (χ0n) is 4.78. The molecule has 0 amide bonds. The topological polar surface area (TPSA) is 4.36 Å². The van der Waals surface area contributed by atoms with Crippen LogP contribution in [0.3, 0.4) is 0 Å². The lowest BCUT2D eigenvalue weighted by Crippen LogP contribution is -2.14. The Balaban J connectivity index is 3.97. The van der Waals surface area contributed by atoms with E-state index in [0.29, 0.717) is 0 Å². The summed E-state index contributed by atoms with van der Waals surface area (Å²) >= 11 is 10.9. The Morgan fingerprint density at radius 1 is 1.50 bits per heavy atom. The van der Waals surface area contributed by atoms with Crippen LogP contribution in [0.4, 0.5) is 0 Å². The summed E-state index contributed by atoms with van der Waals surface area (Å²) in [6, 6.07) is 0. The second-order valence-electron chi connectivity index (χ2n) is 1.85. The molecule has 0 aliphatic carbocycles. The molecule has 8 heavy (non-hydrogen) atoms. The molecular weight excluding hydrogens is 145 g/mol. The van der Waals surface area contributed by atoms with Crippen LogP contribution >= 0.6 is 23.2 Å². The van der Waals surface area contributed by atoms with Crippen LogP contribution in [0.1, 0.15) is 13.8 Å². The van der Waals surface area contributed by atoms with Crippen LogP contribution in [0.2, 0.25) is 0 Å². The average molecular weight is 152 g/mol. The third kappa shape index (κ3) is 1.90. The van der Waals surface area contributed by atoms with E-state index in [1.807, 2.05) is 0 Å². The Bertz CT molecular complexity index is 112. The van der Waals surface area contributed by atoms with Gasteiger partial charge >= 0.3 is 4.46 Å². The Labute approximate surface area is 59.4 Å². The molecule has 3 heteroatoms. The highest BCUT2D eigenvalue weighted by Gasteiger charge is 2.34. The summed E-state index contributed by atoms with van der Waals surface area (Å²) in [5.41, 5.74) is 0. The molecule has 0 aliphatic heterocycles. The van der Waals surface area contributed by atoms with Gasteiger partial charge in [0.2, 0.25) is 0 Å². The third-order valence-corrected chi connectivity index (χ3v) is 1.89. The van der Waals surface area contributed by atoms with Crippen molar-refractivity contribution in [3.63, 3.8) is 0 Å². The van der Waals surface area contributed by atoms with E-state index in [2.05, 4.69) is 4.85 Å². The van der Waals surface area contributed by atoms with Crippen LogP contribution in [-0.4, -0.2) is 4.46 Å². The first-order valence-corrected chi connectivity index (χ1v) is 3.02. The van der Waals surface area contributed by atoms with Crippen molar-refractivity contribution in [1.82, 2.24) is 0 Å². The molecule has 0 saturated carbocycles. The molecule has 46 valence electrons. The molecule has 0 radical (unpaired) electrons. The summed E-state index contributed by atoms with van der Waals surface area (Å²) in [4.78, 5) is 3.00. The molecule has 0 bridgehead atoms. The molecule has 1 nitrogen and oxygen atoms in total. The SMILES string of the molecule is [C-]#[N+]C(Cl)(Cl)C(C)C. The summed E-state index contributed by atoms with van der Waals surface area (Å²) in [5, 5.41) is 0. The standard InChI is InChI=1S/C5H7Cl2N/c1-4(2)5(6,7)8-3/h4H,1-2H3. The highest BCUT2D eigenvalue weighted by atomic mass is 35.5. The summed E-state index contributed by atoms with van der Waals surface area (Å²) < 4.78 is -1.22. The van der Waals surface area contributed by atoms with Crippen molar-refractivity contribution in [3.05, 3.63) is 11.4 Å². The lowest BCUT2D eigenvalue weighted by Gasteiger charge is -2.07. The summed E-state index contributed by atoms with van der Waals surface area (Å²) in [6.07, 6.45) is 0. The maximum Gasteiger partial charge on any atom is 0.384 e. The first-order valence-electron chi connectivity index (χ1n) is 2.27. The largest absolute Gasteiger partial charge is 0.384 e. The van der Waals surface area contributed by atoms with E-state index in [1.165, 1.54) is 0 Å². The van der Waals surface area contributed by atoms with Crippen molar-refractivity contribution in [1.29, 1.82) is 0 Å². The maximum atomic E-state index is 6.50. The van der Waals surface area contributed by atoms with E-state index in [4.69, 9.17) is 29.8 Å². The number of nitrogens with zero attached hydrogens (tertiary/aromatic N) is 1. The maximum absolute atomic E-state index is 6.50. The minimum Gasteiger partial charge on any atom is -0.276 e. The molecule has 0 saturated heterocycles. The van der Waals surface area contributed by atoms with Gasteiger partial charge in [-0.15, -0.1) is 0 Å². The molecule has 0 N–H and O–H groups in total. The van der Waals surface area contributed by atoms with Gasteiger partial charge in [0.05, 0.1) is 5.92 Å². The molecule has 0 unspecified atom stereocenters. The van der Waals surface area contributed by atoms with E-state index in [-0.39, 0.29) is 5.92 Å². The highest BCUT2D eigenvalue weighted by molar-refractivity contribution is 6.49. The van der Waals surface area contributed by atoms with Crippen molar-refractivity contribution >= 4 is 23.2 Å². The molecule has 0 spiro atoms. The lowest BCUT2D eigenvalue weighted by atomic mass is 10.2. The van der Waals surface area contributed by atoms with E-state index >= 15 is 0 Å². The molecule has 0 atom stereocenters. The summed E-state index contributed by atoms with van der Waals surface area (Å²) in [5.74, 6) is -0.0108. The molecule has 0 aromatic carbocycles. The Hall–Kier alpha value is 0.0700. The Kier molecular flexibility index (Phi) is 2.59. The minimum absolute atomic E-state index is 0.0108. The zero-order valence-corrected chi connectivity index (χ0v) is 6.29. The molecule has 0 aliphatic rings. The van der Waals surface area contributed by atoms with Gasteiger partial charge in [-0.25, -0.2) is 6.57 Å². The second-order valence-corrected chi connectivity index (χ2v) is 3.20. The van der Waals surface area contributed by atoms with Crippen molar-refractivity contribution < 1.29 is 0 Å². The quantitative estimate of drug-likeness (QED) is 0.309. The van der Waals surface area contributed by atoms with Crippen molar-refractivity contribution in [2.75, 3.05) is 0 Å². The van der Waals surface area contributed by atoms with Gasteiger partial charge in [-0.05, 0) is 23.2 Å². The van der Waals surface area contributed by atoms with Crippen LogP contribution in [0.5, 0.6) is 0 Å². The first kappa shape index (κ1) is 8.07. The van der Waals surface area contributed by atoms with E-state index in [1.54, 1.807) is 13.8 Å². The summed E-state index contributed by atoms with van der Waals surface area (Å²) in [6.45, 7) is 10.1. The minimum atomic E-state index is -1.22. The van der Waals surface area contributed by atoms with Gasteiger partial charge in [0, 0.05) is 0 Å².